The predicted molar refractivity (Wildman–Crippen MR) is 112 cm³/mol. The molecule has 0 aliphatic heterocycles. The van der Waals surface area contributed by atoms with Gasteiger partial charge >= 0.3 is 0 Å². The van der Waals surface area contributed by atoms with E-state index in [4.69, 9.17) is 0 Å². The first-order valence-electron chi connectivity index (χ1n) is 11.3. The van der Waals surface area contributed by atoms with Crippen LogP contribution in [0.15, 0.2) is 30.3 Å². The number of rotatable bonds is 5. The Bertz CT molecular complexity index is 826. The molecule has 1 atom stereocenters. The second-order valence-electron chi connectivity index (χ2n) is 9.16. The molecule has 4 rings (SSSR count). The van der Waals surface area contributed by atoms with Crippen LogP contribution in [0.4, 0.5) is 13.2 Å². The minimum Gasteiger partial charge on any atom is -0.204 e. The molecule has 156 valence electrons. The molecule has 2 aliphatic carbocycles. The van der Waals surface area contributed by atoms with E-state index in [2.05, 4.69) is 13.0 Å². The Kier molecular flexibility index (Phi) is 6.32. The minimum absolute atomic E-state index is 0.400. The van der Waals surface area contributed by atoms with E-state index in [1.807, 2.05) is 12.1 Å². The van der Waals surface area contributed by atoms with E-state index in [0.717, 1.165) is 48.3 Å². The molecule has 1 fully saturated rings. The maximum absolute atomic E-state index is 13.6. The van der Waals surface area contributed by atoms with Crippen molar-refractivity contribution in [3.05, 3.63) is 58.9 Å². The first kappa shape index (κ1) is 20.5. The lowest BCUT2D eigenvalue weighted by atomic mass is 9.69. The van der Waals surface area contributed by atoms with Crippen molar-refractivity contribution in [1.29, 1.82) is 0 Å². The highest BCUT2D eigenvalue weighted by Gasteiger charge is 2.30. The number of fused-ring (bicyclic) bond motifs is 1. The summed E-state index contributed by atoms with van der Waals surface area (Å²) >= 11 is 0. The second-order valence-corrected chi connectivity index (χ2v) is 9.16. The van der Waals surface area contributed by atoms with Crippen LogP contribution in [-0.2, 0) is 12.8 Å². The molecule has 0 nitrogen and oxygen atoms in total. The van der Waals surface area contributed by atoms with Gasteiger partial charge in [-0.2, -0.15) is 0 Å². The summed E-state index contributed by atoms with van der Waals surface area (Å²) in [7, 11) is 0. The molecule has 0 heterocycles. The average Bonchev–Trinajstić information content (AvgIpc) is 2.75. The maximum Gasteiger partial charge on any atom is 0.194 e. The smallest absolute Gasteiger partial charge is 0.194 e. The van der Waals surface area contributed by atoms with E-state index in [-0.39, 0.29) is 0 Å². The zero-order valence-corrected chi connectivity index (χ0v) is 17.3. The van der Waals surface area contributed by atoms with Crippen LogP contribution < -0.4 is 0 Å². The van der Waals surface area contributed by atoms with Gasteiger partial charge in [-0.05, 0) is 84.2 Å². The number of hydrogen-bond acceptors (Lipinski definition) is 0. The van der Waals surface area contributed by atoms with E-state index in [9.17, 15) is 13.2 Å². The fourth-order valence-electron chi connectivity index (χ4n) is 5.53. The molecule has 0 N–H and O–H groups in total. The summed E-state index contributed by atoms with van der Waals surface area (Å²) in [5.74, 6) is -1.11. The highest BCUT2D eigenvalue weighted by atomic mass is 19.2. The third-order valence-electron chi connectivity index (χ3n) is 7.31. The lowest BCUT2D eigenvalue weighted by Crippen LogP contribution is -2.26. The van der Waals surface area contributed by atoms with Gasteiger partial charge < -0.3 is 0 Å². The summed E-state index contributed by atoms with van der Waals surface area (Å²) in [6, 6.07) is 8.25. The van der Waals surface area contributed by atoms with Crippen molar-refractivity contribution in [3.8, 4) is 11.1 Å². The molecule has 2 aliphatic rings. The summed E-state index contributed by atoms with van der Waals surface area (Å²) in [5, 5.41) is 0. The summed E-state index contributed by atoms with van der Waals surface area (Å²) in [6.45, 7) is 2.28. The first-order valence-corrected chi connectivity index (χ1v) is 11.3. The van der Waals surface area contributed by atoms with Gasteiger partial charge in [0.1, 0.15) is 0 Å². The van der Waals surface area contributed by atoms with E-state index >= 15 is 0 Å². The monoisotopic (exact) mass is 400 g/mol. The Balaban J connectivity index is 1.42. The van der Waals surface area contributed by atoms with Gasteiger partial charge in [-0.3, -0.25) is 0 Å². The molecular formula is C26H31F3. The van der Waals surface area contributed by atoms with Crippen molar-refractivity contribution in [2.75, 3.05) is 0 Å². The predicted octanol–water partition coefficient (Wildman–Crippen LogP) is 7.87. The van der Waals surface area contributed by atoms with Gasteiger partial charge in [0.05, 0.1) is 0 Å². The molecule has 1 unspecified atom stereocenters. The van der Waals surface area contributed by atoms with Crippen molar-refractivity contribution in [2.24, 2.45) is 17.8 Å². The summed E-state index contributed by atoms with van der Waals surface area (Å²) in [5.41, 5.74) is 3.81. The Morgan fingerprint density at radius 3 is 2.21 bits per heavy atom. The molecule has 0 saturated heterocycles. The van der Waals surface area contributed by atoms with Gasteiger partial charge in [-0.1, -0.05) is 57.2 Å². The molecule has 0 spiro atoms. The molecule has 2 aromatic rings. The largest absolute Gasteiger partial charge is 0.204 e. The lowest BCUT2D eigenvalue weighted by molar-refractivity contribution is 0.183. The third-order valence-corrected chi connectivity index (χ3v) is 7.31. The highest BCUT2D eigenvalue weighted by molar-refractivity contribution is 5.65. The second kappa shape index (κ2) is 8.93. The summed E-state index contributed by atoms with van der Waals surface area (Å²) in [6.07, 6.45) is 13.0. The fourth-order valence-corrected chi connectivity index (χ4v) is 5.53. The SMILES string of the molecule is CCCCC1CCC(C2CCc3cc(-c4cc(F)c(F)c(F)c4)ccc3C2)CC1. The highest BCUT2D eigenvalue weighted by Crippen LogP contribution is 2.41. The summed E-state index contributed by atoms with van der Waals surface area (Å²) in [4.78, 5) is 0. The van der Waals surface area contributed by atoms with Gasteiger partial charge in [-0.15, -0.1) is 0 Å². The fraction of sp³-hybridized carbons (Fsp3) is 0.538. The van der Waals surface area contributed by atoms with Crippen molar-refractivity contribution in [1.82, 2.24) is 0 Å². The van der Waals surface area contributed by atoms with Crippen molar-refractivity contribution < 1.29 is 13.2 Å². The Hall–Kier alpha value is -1.77. The van der Waals surface area contributed by atoms with E-state index in [1.165, 1.54) is 62.5 Å². The maximum atomic E-state index is 13.6. The van der Waals surface area contributed by atoms with Crippen molar-refractivity contribution in [3.63, 3.8) is 0 Å². The quantitative estimate of drug-likeness (QED) is 0.448. The van der Waals surface area contributed by atoms with E-state index in [1.54, 1.807) is 0 Å². The van der Waals surface area contributed by atoms with Gasteiger partial charge in [-0.25, -0.2) is 13.2 Å². The first-order chi connectivity index (χ1) is 14.0. The van der Waals surface area contributed by atoms with Crippen molar-refractivity contribution in [2.45, 2.75) is 71.1 Å². The molecule has 3 heteroatoms. The van der Waals surface area contributed by atoms with Crippen LogP contribution in [0.2, 0.25) is 0 Å². The van der Waals surface area contributed by atoms with Crippen LogP contribution in [0.25, 0.3) is 11.1 Å². The molecule has 2 aromatic carbocycles. The number of halogens is 3. The van der Waals surface area contributed by atoms with Crippen LogP contribution in [0, 0.1) is 35.2 Å². The molecule has 1 saturated carbocycles. The lowest BCUT2D eigenvalue weighted by Gasteiger charge is -2.36. The van der Waals surface area contributed by atoms with Crippen LogP contribution in [0.1, 0.15) is 69.4 Å². The Labute approximate surface area is 172 Å². The van der Waals surface area contributed by atoms with Gasteiger partial charge in [0.25, 0.3) is 0 Å². The summed E-state index contributed by atoms with van der Waals surface area (Å²) < 4.78 is 40.5. The van der Waals surface area contributed by atoms with Crippen LogP contribution in [0.5, 0.6) is 0 Å². The Morgan fingerprint density at radius 2 is 1.52 bits per heavy atom. The van der Waals surface area contributed by atoms with Crippen LogP contribution >= 0.6 is 0 Å². The van der Waals surface area contributed by atoms with Crippen LogP contribution in [0.3, 0.4) is 0 Å². The minimum atomic E-state index is -1.40. The van der Waals surface area contributed by atoms with E-state index < -0.39 is 17.5 Å². The van der Waals surface area contributed by atoms with Gasteiger partial charge in [0.2, 0.25) is 0 Å². The molecule has 0 radical (unpaired) electrons. The number of hydrogen-bond donors (Lipinski definition) is 0. The molecule has 0 aromatic heterocycles. The topological polar surface area (TPSA) is 0 Å². The van der Waals surface area contributed by atoms with Crippen molar-refractivity contribution >= 4 is 0 Å². The number of benzene rings is 2. The zero-order chi connectivity index (χ0) is 20.4. The average molecular weight is 401 g/mol. The normalized spacial score (nSPS) is 24.3. The van der Waals surface area contributed by atoms with Gasteiger partial charge in [0, 0.05) is 0 Å². The zero-order valence-electron chi connectivity index (χ0n) is 17.3. The van der Waals surface area contributed by atoms with Crippen LogP contribution in [-0.4, -0.2) is 0 Å². The molecular weight excluding hydrogens is 369 g/mol. The molecule has 0 amide bonds. The molecule has 0 bridgehead atoms. The third kappa shape index (κ3) is 4.54. The van der Waals surface area contributed by atoms with Gasteiger partial charge in [0.15, 0.2) is 17.5 Å². The number of aryl methyl sites for hydroxylation is 1. The van der Waals surface area contributed by atoms with E-state index in [0.29, 0.717) is 5.56 Å². The molecule has 29 heavy (non-hydrogen) atoms. The Morgan fingerprint density at radius 1 is 0.793 bits per heavy atom. The number of unbranched alkanes of at least 4 members (excludes halogenated alkanes) is 1. The standard InChI is InChI=1S/C26H31F3/c1-2-3-4-17-5-7-18(8-6-17)19-9-10-21-14-22(12-11-20(21)13-19)23-15-24(27)26(29)25(28)16-23/h11-12,14-19H,2-10,13H2,1H3.